The van der Waals surface area contributed by atoms with E-state index in [0.29, 0.717) is 0 Å². The average Bonchev–Trinajstić information content (AvgIpc) is 1.98. The van der Waals surface area contributed by atoms with Gasteiger partial charge in [0.25, 0.3) is 0 Å². The lowest BCUT2D eigenvalue weighted by molar-refractivity contribution is -0.152. The number of carboxylic acids is 1. The van der Waals surface area contributed by atoms with Crippen LogP contribution in [0.3, 0.4) is 0 Å². The van der Waals surface area contributed by atoms with Crippen molar-refractivity contribution in [1.29, 1.82) is 0 Å². The van der Waals surface area contributed by atoms with Gasteiger partial charge < -0.3 is 9.84 Å². The van der Waals surface area contributed by atoms with Crippen molar-refractivity contribution in [2.45, 2.75) is 13.8 Å². The van der Waals surface area contributed by atoms with Crippen LogP contribution in [0.15, 0.2) is 12.2 Å². The topological polar surface area (TPSA) is 63.6 Å². The molecule has 1 N–H and O–H groups in total. The minimum atomic E-state index is -1.17. The van der Waals surface area contributed by atoms with Crippen LogP contribution in [0, 0.1) is 5.92 Å². The first-order valence-corrected chi connectivity index (χ1v) is 3.53. The molecular weight excluding hydrogens is 160 g/mol. The number of aliphatic carboxylic acids is 1. The van der Waals surface area contributed by atoms with Gasteiger partial charge in [0.2, 0.25) is 0 Å². The van der Waals surface area contributed by atoms with Gasteiger partial charge in [-0.25, -0.2) is 9.59 Å². The van der Waals surface area contributed by atoms with Crippen LogP contribution in [0.5, 0.6) is 0 Å². The molecule has 0 aromatic heterocycles. The highest BCUT2D eigenvalue weighted by Crippen LogP contribution is 2.07. The Morgan fingerprint density at radius 3 is 2.33 bits per heavy atom. The molecule has 4 heteroatoms. The molecule has 0 atom stereocenters. The Bertz CT molecular complexity index is 205. The molecule has 0 spiro atoms. The number of ether oxygens (including phenoxy) is 1. The molecule has 0 aromatic carbocycles. The quantitative estimate of drug-likeness (QED) is 0.503. The van der Waals surface area contributed by atoms with Gasteiger partial charge in [-0.1, -0.05) is 20.4 Å². The predicted molar refractivity (Wildman–Crippen MR) is 42.6 cm³/mol. The monoisotopic (exact) mass is 172 g/mol. The van der Waals surface area contributed by atoms with E-state index in [-0.39, 0.29) is 11.5 Å². The summed E-state index contributed by atoms with van der Waals surface area (Å²) in [7, 11) is 0. The van der Waals surface area contributed by atoms with E-state index in [4.69, 9.17) is 5.11 Å². The number of carbonyl (C=O) groups is 2. The zero-order chi connectivity index (χ0) is 9.72. The second kappa shape index (κ2) is 4.54. The first kappa shape index (κ1) is 10.7. The Morgan fingerprint density at radius 2 is 2.00 bits per heavy atom. The third-order valence-corrected chi connectivity index (χ3v) is 1.29. The van der Waals surface area contributed by atoms with Gasteiger partial charge >= 0.3 is 11.9 Å². The lowest BCUT2D eigenvalue weighted by Crippen LogP contribution is -2.16. The second-order valence-electron chi connectivity index (χ2n) is 2.65. The van der Waals surface area contributed by atoms with E-state index < -0.39 is 18.5 Å². The summed E-state index contributed by atoms with van der Waals surface area (Å²) < 4.78 is 4.39. The number of hydrogen-bond acceptors (Lipinski definition) is 3. The van der Waals surface area contributed by atoms with Crippen molar-refractivity contribution in [3.63, 3.8) is 0 Å². The molecule has 0 saturated heterocycles. The Labute approximate surface area is 70.8 Å². The fourth-order valence-electron chi connectivity index (χ4n) is 0.456. The zero-order valence-electron chi connectivity index (χ0n) is 7.16. The highest BCUT2D eigenvalue weighted by molar-refractivity contribution is 5.89. The van der Waals surface area contributed by atoms with Crippen LogP contribution in [0.4, 0.5) is 0 Å². The molecule has 0 aliphatic carbocycles. The highest BCUT2D eigenvalue weighted by Gasteiger charge is 2.12. The average molecular weight is 172 g/mol. The number of carboxylic acid groups (broad SMARTS) is 1. The Kier molecular flexibility index (Phi) is 4.04. The van der Waals surface area contributed by atoms with Gasteiger partial charge in [-0.05, 0) is 5.92 Å². The van der Waals surface area contributed by atoms with E-state index in [1.165, 1.54) is 0 Å². The summed E-state index contributed by atoms with van der Waals surface area (Å²) >= 11 is 0. The molecule has 0 unspecified atom stereocenters. The van der Waals surface area contributed by atoms with E-state index in [1.807, 2.05) is 0 Å². The molecule has 0 amide bonds. The second-order valence-corrected chi connectivity index (χ2v) is 2.65. The van der Waals surface area contributed by atoms with Crippen LogP contribution in [0.25, 0.3) is 0 Å². The number of carbonyl (C=O) groups excluding carboxylic acids is 1. The van der Waals surface area contributed by atoms with Crippen LogP contribution in [0.1, 0.15) is 13.8 Å². The molecule has 0 saturated carbocycles. The van der Waals surface area contributed by atoms with Gasteiger partial charge in [0.05, 0.1) is 0 Å². The Balaban J connectivity index is 3.89. The fraction of sp³-hybridized carbons (Fsp3) is 0.500. The summed E-state index contributed by atoms with van der Waals surface area (Å²) in [5.41, 5.74) is 0.288. The molecule has 0 bridgehead atoms. The highest BCUT2D eigenvalue weighted by atomic mass is 16.5. The molecule has 0 radical (unpaired) electrons. The van der Waals surface area contributed by atoms with Crippen molar-refractivity contribution in [3.8, 4) is 0 Å². The first-order chi connectivity index (χ1) is 5.45. The van der Waals surface area contributed by atoms with Crippen LogP contribution in [-0.2, 0) is 14.3 Å². The van der Waals surface area contributed by atoms with Gasteiger partial charge in [0, 0.05) is 5.57 Å². The first-order valence-electron chi connectivity index (χ1n) is 3.53. The van der Waals surface area contributed by atoms with E-state index in [9.17, 15) is 9.59 Å². The third kappa shape index (κ3) is 3.75. The lowest BCUT2D eigenvalue weighted by Gasteiger charge is -2.07. The summed E-state index contributed by atoms with van der Waals surface area (Å²) in [6.07, 6.45) is 0. The van der Waals surface area contributed by atoms with Crippen molar-refractivity contribution in [2.75, 3.05) is 6.61 Å². The molecule has 0 heterocycles. The maximum atomic E-state index is 10.9. The summed E-state index contributed by atoms with van der Waals surface area (Å²) in [4.78, 5) is 20.9. The SMILES string of the molecule is C=C(C(=O)OCC(=O)O)C(C)C. The summed E-state index contributed by atoms with van der Waals surface area (Å²) in [5, 5.41) is 8.18. The summed E-state index contributed by atoms with van der Waals surface area (Å²) in [6, 6.07) is 0. The molecular formula is C8H12O4. The van der Waals surface area contributed by atoms with E-state index in [2.05, 4.69) is 11.3 Å². The number of rotatable bonds is 4. The molecule has 0 aromatic rings. The van der Waals surface area contributed by atoms with E-state index >= 15 is 0 Å². The van der Waals surface area contributed by atoms with Crippen molar-refractivity contribution in [2.24, 2.45) is 5.92 Å². The van der Waals surface area contributed by atoms with Crippen molar-refractivity contribution < 1.29 is 19.4 Å². The van der Waals surface area contributed by atoms with Crippen molar-refractivity contribution >= 4 is 11.9 Å². The molecule has 0 rings (SSSR count). The summed E-state index contributed by atoms with van der Waals surface area (Å²) in [6.45, 7) is 6.42. The maximum absolute atomic E-state index is 10.9. The molecule has 0 fully saturated rings. The lowest BCUT2D eigenvalue weighted by atomic mass is 10.1. The van der Waals surface area contributed by atoms with Gasteiger partial charge in [0.1, 0.15) is 0 Å². The minimum Gasteiger partial charge on any atom is -0.479 e. The molecule has 0 aliphatic rings. The number of hydrogen-bond donors (Lipinski definition) is 1. The minimum absolute atomic E-state index is 0.0219. The van der Waals surface area contributed by atoms with Gasteiger partial charge in [-0.15, -0.1) is 0 Å². The number of esters is 1. The molecule has 68 valence electrons. The van der Waals surface area contributed by atoms with Gasteiger partial charge in [-0.2, -0.15) is 0 Å². The maximum Gasteiger partial charge on any atom is 0.341 e. The molecule has 0 aliphatic heterocycles. The van der Waals surface area contributed by atoms with Crippen molar-refractivity contribution in [3.05, 3.63) is 12.2 Å². The zero-order valence-corrected chi connectivity index (χ0v) is 7.16. The third-order valence-electron chi connectivity index (χ3n) is 1.29. The van der Waals surface area contributed by atoms with Crippen LogP contribution in [-0.4, -0.2) is 23.7 Å². The van der Waals surface area contributed by atoms with Gasteiger partial charge in [0.15, 0.2) is 6.61 Å². The molecule has 12 heavy (non-hydrogen) atoms. The smallest absolute Gasteiger partial charge is 0.341 e. The van der Waals surface area contributed by atoms with Crippen molar-refractivity contribution in [1.82, 2.24) is 0 Å². The Hall–Kier alpha value is -1.32. The van der Waals surface area contributed by atoms with Crippen LogP contribution in [0.2, 0.25) is 0 Å². The predicted octanol–water partition coefficient (Wildman–Crippen LogP) is 0.826. The van der Waals surface area contributed by atoms with Gasteiger partial charge in [-0.3, -0.25) is 0 Å². The van der Waals surface area contributed by atoms with E-state index in [1.54, 1.807) is 13.8 Å². The standard InChI is InChI=1S/C8H12O4/c1-5(2)6(3)8(11)12-4-7(9)10/h5H,3-4H2,1-2H3,(H,9,10). The van der Waals surface area contributed by atoms with Crippen LogP contribution < -0.4 is 0 Å². The normalized spacial score (nSPS) is 9.58. The Morgan fingerprint density at radius 1 is 1.50 bits per heavy atom. The molecule has 4 nitrogen and oxygen atoms in total. The fourth-order valence-corrected chi connectivity index (χ4v) is 0.456. The van der Waals surface area contributed by atoms with E-state index in [0.717, 1.165) is 0 Å². The largest absolute Gasteiger partial charge is 0.479 e. The summed E-state index contributed by atoms with van der Waals surface area (Å²) in [5.74, 6) is -1.83. The van der Waals surface area contributed by atoms with Crippen LogP contribution >= 0.6 is 0 Å².